The number of aryl methyl sites for hydroxylation is 1. The van der Waals surface area contributed by atoms with Crippen molar-refractivity contribution in [1.29, 1.82) is 5.41 Å². The van der Waals surface area contributed by atoms with Crippen LogP contribution in [0.25, 0.3) is 0 Å². The van der Waals surface area contributed by atoms with E-state index in [0.29, 0.717) is 16.3 Å². The van der Waals surface area contributed by atoms with E-state index in [4.69, 9.17) is 22.1 Å². The minimum Gasteiger partial charge on any atom is -0.478 e. The molecule has 1 rings (SSSR count). The molecule has 7 heteroatoms. The van der Waals surface area contributed by atoms with Gasteiger partial charge in [0.15, 0.2) is 5.84 Å². The monoisotopic (exact) mass is 318 g/mol. The van der Waals surface area contributed by atoms with Gasteiger partial charge in [0.25, 0.3) is 0 Å². The lowest BCUT2D eigenvalue weighted by Gasteiger charge is -1.96. The molecule has 0 aliphatic carbocycles. The van der Waals surface area contributed by atoms with Crippen molar-refractivity contribution in [2.45, 2.75) is 0 Å². The standard InChI is InChI=1S/C15H15ClN4O2/c1-3-12(16)5-4-6-13(7-8-14(21)22)19-15(17)11-9-18-20(2)10-11/h3-10,17H,1H2,2H3,(H,21,22)/b6-4+,8-7+,12-5+,17-15?,19-13?. The summed E-state index contributed by atoms with van der Waals surface area (Å²) in [7, 11) is 1.73. The van der Waals surface area contributed by atoms with Gasteiger partial charge in [-0.25, -0.2) is 9.79 Å². The lowest BCUT2D eigenvalue weighted by Crippen LogP contribution is -2.00. The summed E-state index contributed by atoms with van der Waals surface area (Å²) in [4.78, 5) is 14.7. The molecule has 1 aromatic heterocycles. The van der Waals surface area contributed by atoms with Gasteiger partial charge in [-0.05, 0) is 18.2 Å². The Morgan fingerprint density at radius 3 is 2.77 bits per heavy atom. The van der Waals surface area contributed by atoms with E-state index in [-0.39, 0.29) is 5.84 Å². The van der Waals surface area contributed by atoms with Gasteiger partial charge in [-0.15, -0.1) is 0 Å². The molecule has 0 aliphatic rings. The second-order valence-corrected chi connectivity index (χ2v) is 4.51. The highest BCUT2D eigenvalue weighted by Gasteiger charge is 2.03. The normalized spacial score (nSPS) is 13.0. The molecule has 0 aliphatic heterocycles. The Hall–Kier alpha value is -2.73. The van der Waals surface area contributed by atoms with Crippen LogP contribution in [0.2, 0.25) is 0 Å². The maximum Gasteiger partial charge on any atom is 0.328 e. The number of hydrogen-bond acceptors (Lipinski definition) is 3. The number of aliphatic imine (C=N–C) groups is 1. The predicted octanol–water partition coefficient (Wildman–Crippen LogP) is 2.69. The third-order valence-corrected chi connectivity index (χ3v) is 2.61. The van der Waals surface area contributed by atoms with Gasteiger partial charge in [0.05, 0.1) is 17.5 Å². The Bertz CT molecular complexity index is 696. The first-order chi connectivity index (χ1) is 10.4. The van der Waals surface area contributed by atoms with Crippen LogP contribution in [-0.4, -0.2) is 32.4 Å². The summed E-state index contributed by atoms with van der Waals surface area (Å²) in [5, 5.41) is 21.0. The lowest BCUT2D eigenvalue weighted by atomic mass is 10.2. The Kier molecular flexibility index (Phi) is 6.72. The van der Waals surface area contributed by atoms with E-state index in [2.05, 4.69) is 16.7 Å². The van der Waals surface area contributed by atoms with Gasteiger partial charge in [-0.1, -0.05) is 30.3 Å². The summed E-state index contributed by atoms with van der Waals surface area (Å²) in [5.41, 5.74) is 0.817. The molecule has 0 atom stereocenters. The molecule has 6 nitrogen and oxygen atoms in total. The minimum absolute atomic E-state index is 0.0263. The van der Waals surface area contributed by atoms with E-state index in [9.17, 15) is 4.79 Å². The fourth-order valence-electron chi connectivity index (χ4n) is 1.33. The van der Waals surface area contributed by atoms with Crippen molar-refractivity contribution in [3.63, 3.8) is 0 Å². The number of nitrogens with zero attached hydrogens (tertiary/aromatic N) is 3. The molecule has 0 radical (unpaired) electrons. The van der Waals surface area contributed by atoms with Gasteiger partial charge in [0.2, 0.25) is 0 Å². The van der Waals surface area contributed by atoms with Crippen molar-refractivity contribution in [3.8, 4) is 0 Å². The molecular formula is C15H15ClN4O2. The molecule has 0 aromatic carbocycles. The summed E-state index contributed by atoms with van der Waals surface area (Å²) in [6.45, 7) is 3.51. The SMILES string of the molecule is C=C/C(Cl)=C\C=C\C(/C=C/C(=O)O)=NC(=N)c1cnn(C)c1. The van der Waals surface area contributed by atoms with Crippen molar-refractivity contribution in [1.82, 2.24) is 9.78 Å². The number of amidine groups is 1. The van der Waals surface area contributed by atoms with Gasteiger partial charge in [0.1, 0.15) is 0 Å². The molecule has 2 N–H and O–H groups in total. The van der Waals surface area contributed by atoms with Crippen LogP contribution in [-0.2, 0) is 11.8 Å². The Morgan fingerprint density at radius 1 is 1.50 bits per heavy atom. The van der Waals surface area contributed by atoms with E-state index in [1.807, 2.05) is 0 Å². The number of aliphatic carboxylic acids is 1. The number of halogens is 1. The topological polar surface area (TPSA) is 91.3 Å². The van der Waals surface area contributed by atoms with Crippen molar-refractivity contribution >= 4 is 29.1 Å². The van der Waals surface area contributed by atoms with Crippen LogP contribution in [0, 0.1) is 5.41 Å². The second-order valence-electron chi connectivity index (χ2n) is 4.07. The van der Waals surface area contributed by atoms with Gasteiger partial charge in [-0.2, -0.15) is 5.10 Å². The molecule has 0 saturated carbocycles. The smallest absolute Gasteiger partial charge is 0.328 e. The molecule has 22 heavy (non-hydrogen) atoms. The highest BCUT2D eigenvalue weighted by atomic mass is 35.5. The molecule has 114 valence electrons. The highest BCUT2D eigenvalue weighted by molar-refractivity contribution is 6.31. The van der Waals surface area contributed by atoms with Crippen molar-refractivity contribution in [2.75, 3.05) is 0 Å². The predicted molar refractivity (Wildman–Crippen MR) is 87.5 cm³/mol. The first kappa shape index (κ1) is 17.3. The average Bonchev–Trinajstić information content (AvgIpc) is 2.90. The average molecular weight is 319 g/mol. The largest absolute Gasteiger partial charge is 0.478 e. The summed E-state index contributed by atoms with van der Waals surface area (Å²) in [6, 6.07) is 0. The molecule has 0 unspecified atom stereocenters. The van der Waals surface area contributed by atoms with Crippen molar-refractivity contribution in [3.05, 3.63) is 66.0 Å². The van der Waals surface area contributed by atoms with E-state index >= 15 is 0 Å². The number of carbonyl (C=O) groups is 1. The number of nitrogens with one attached hydrogen (secondary N) is 1. The van der Waals surface area contributed by atoms with Crippen molar-refractivity contribution in [2.24, 2.45) is 12.0 Å². The van der Waals surface area contributed by atoms with Gasteiger partial charge < -0.3 is 5.11 Å². The third kappa shape index (κ3) is 6.15. The van der Waals surface area contributed by atoms with Crippen LogP contribution in [0.1, 0.15) is 5.56 Å². The van der Waals surface area contributed by atoms with Crippen LogP contribution in [0.15, 0.2) is 65.5 Å². The van der Waals surface area contributed by atoms with E-state index in [0.717, 1.165) is 6.08 Å². The van der Waals surface area contributed by atoms with Gasteiger partial charge in [-0.3, -0.25) is 10.1 Å². The van der Waals surface area contributed by atoms with Crippen LogP contribution >= 0.6 is 11.6 Å². The lowest BCUT2D eigenvalue weighted by molar-refractivity contribution is -0.131. The number of rotatable bonds is 6. The van der Waals surface area contributed by atoms with Gasteiger partial charge >= 0.3 is 5.97 Å². The molecule has 0 bridgehead atoms. The maximum absolute atomic E-state index is 10.6. The number of carboxylic acid groups (broad SMARTS) is 1. The first-order valence-electron chi connectivity index (χ1n) is 6.16. The fraction of sp³-hybridized carbons (Fsp3) is 0.0667. The minimum atomic E-state index is -1.10. The first-order valence-corrected chi connectivity index (χ1v) is 6.53. The number of carboxylic acids is 1. The van der Waals surface area contributed by atoms with Crippen LogP contribution < -0.4 is 0 Å². The fourth-order valence-corrected chi connectivity index (χ4v) is 1.40. The zero-order valence-electron chi connectivity index (χ0n) is 11.9. The van der Waals surface area contributed by atoms with Crippen molar-refractivity contribution < 1.29 is 9.90 Å². The number of hydrogen-bond donors (Lipinski definition) is 2. The highest BCUT2D eigenvalue weighted by Crippen LogP contribution is 2.03. The van der Waals surface area contributed by atoms with E-state index < -0.39 is 5.97 Å². The molecule has 0 spiro atoms. The summed E-state index contributed by atoms with van der Waals surface area (Å²) >= 11 is 5.77. The van der Waals surface area contributed by atoms with Crippen LogP contribution in [0.5, 0.6) is 0 Å². The quantitative estimate of drug-likeness (QED) is 0.365. The summed E-state index contributed by atoms with van der Waals surface area (Å²) in [6.07, 6.45) is 11.5. The summed E-state index contributed by atoms with van der Waals surface area (Å²) < 4.78 is 1.55. The number of allylic oxidation sites excluding steroid dienone is 6. The van der Waals surface area contributed by atoms with E-state index in [1.165, 1.54) is 24.4 Å². The molecule has 1 aromatic rings. The summed E-state index contributed by atoms with van der Waals surface area (Å²) in [5.74, 6) is -1.13. The van der Waals surface area contributed by atoms with Gasteiger partial charge in [0, 0.05) is 24.4 Å². The molecular weight excluding hydrogens is 304 g/mol. The molecule has 1 heterocycles. The zero-order valence-corrected chi connectivity index (χ0v) is 12.7. The molecule has 0 fully saturated rings. The maximum atomic E-state index is 10.6. The zero-order chi connectivity index (χ0) is 16.5. The van der Waals surface area contributed by atoms with E-state index in [1.54, 1.807) is 30.1 Å². The Balaban J connectivity index is 3.03. The Labute approximate surface area is 132 Å². The number of aromatic nitrogens is 2. The molecule has 0 saturated heterocycles. The van der Waals surface area contributed by atoms with Crippen LogP contribution in [0.4, 0.5) is 0 Å². The Morgan fingerprint density at radius 2 is 2.23 bits per heavy atom. The second kappa shape index (κ2) is 8.53. The third-order valence-electron chi connectivity index (χ3n) is 2.33. The molecule has 0 amide bonds. The van der Waals surface area contributed by atoms with Crippen LogP contribution in [0.3, 0.4) is 0 Å².